The average molecular weight is 1020 g/mol. The maximum absolute atomic E-state index is 14.6. The molecule has 25 nitrogen and oxygen atoms in total. The van der Waals surface area contributed by atoms with Crippen molar-refractivity contribution in [3.8, 4) is 0 Å². The Kier molecular flexibility index (Phi) is 20.6. The second-order valence-electron chi connectivity index (χ2n) is 17.8. The summed E-state index contributed by atoms with van der Waals surface area (Å²) in [5.41, 5.74) is 8.20. The van der Waals surface area contributed by atoms with Crippen molar-refractivity contribution < 1.29 is 58.2 Å². The number of nitrogens with two attached hydrogens (primary N) is 1. The van der Waals surface area contributed by atoms with Crippen LogP contribution in [0.3, 0.4) is 0 Å². The number of para-hydroxylation sites is 1. The van der Waals surface area contributed by atoms with Gasteiger partial charge in [-0.05, 0) is 37.1 Å². The van der Waals surface area contributed by atoms with Crippen LogP contribution in [-0.4, -0.2) is 144 Å². The number of aromatic amines is 3. The average Bonchev–Trinajstić information content (AvgIpc) is 4.17. The number of primary amides is 1. The Morgan fingerprint density at radius 3 is 1.51 bits per heavy atom. The molecule has 14 N–H and O–H groups in total. The van der Waals surface area contributed by atoms with Gasteiger partial charge in [-0.1, -0.05) is 62.4 Å². The summed E-state index contributed by atoms with van der Waals surface area (Å²) in [4.78, 5) is 150. The van der Waals surface area contributed by atoms with Crippen molar-refractivity contribution in [2.75, 3.05) is 7.05 Å². The van der Waals surface area contributed by atoms with Crippen LogP contribution in [0.2, 0.25) is 0 Å². The van der Waals surface area contributed by atoms with Crippen LogP contribution in [-0.2, 0) is 73.6 Å². The number of carboxylic acid groups (broad SMARTS) is 2. The molecule has 25 heteroatoms. The lowest BCUT2D eigenvalue weighted by molar-refractivity contribution is -0.141. The van der Waals surface area contributed by atoms with Gasteiger partial charge in [0.1, 0.15) is 30.2 Å². The van der Waals surface area contributed by atoms with Gasteiger partial charge in [0.15, 0.2) is 5.78 Å². The Morgan fingerprint density at radius 2 is 1.03 bits per heavy atom. The first-order valence-electron chi connectivity index (χ1n) is 23.6. The second-order valence-corrected chi connectivity index (χ2v) is 17.8. The van der Waals surface area contributed by atoms with E-state index in [2.05, 4.69) is 62.1 Å². The lowest BCUT2D eigenvalue weighted by atomic mass is 9.97. The fraction of sp³-hybridized carbons (Fsp3) is 0.388. The molecule has 0 aliphatic rings. The zero-order valence-electron chi connectivity index (χ0n) is 40.8. The van der Waals surface area contributed by atoms with Gasteiger partial charge >= 0.3 is 11.9 Å². The molecule has 0 radical (unpaired) electrons. The topological polar surface area (TPSA) is 395 Å². The minimum absolute atomic E-state index is 0.191. The van der Waals surface area contributed by atoms with Crippen LogP contribution in [0.1, 0.15) is 62.0 Å². The van der Waals surface area contributed by atoms with Crippen LogP contribution < -0.4 is 43.0 Å². The van der Waals surface area contributed by atoms with Crippen molar-refractivity contribution in [2.24, 2.45) is 11.7 Å². The molecule has 2 aromatic carbocycles. The summed E-state index contributed by atoms with van der Waals surface area (Å²) in [5.74, 6) is -10.6. The summed E-state index contributed by atoms with van der Waals surface area (Å²) in [6.07, 6.45) is 3.92. The predicted molar refractivity (Wildman–Crippen MR) is 264 cm³/mol. The van der Waals surface area contributed by atoms with Gasteiger partial charge in [0.2, 0.25) is 41.4 Å². The molecule has 0 saturated carbocycles. The van der Waals surface area contributed by atoms with Crippen LogP contribution in [0, 0.1) is 5.92 Å². The predicted octanol–water partition coefficient (Wildman–Crippen LogP) is -1.18. The van der Waals surface area contributed by atoms with Crippen LogP contribution in [0.4, 0.5) is 0 Å². The third kappa shape index (κ3) is 17.0. The standard InChI is InChI=1S/C49H61N13O12/c1-26(2)43(68)33(13-14-41(64)65)57-46(71)36(17-29-22-52-24-55-29)60-48(73)38(19-40(50)63)61-47(72)37(18-30-23-53-25-56-30)59-45(70)35(16-28-21-54-32-12-8-7-11-31(28)32)58-49(74)39(20-42(66)67)62-44(69)34(51-3)15-27-9-5-4-6-10-27/h4-12,21-26,33-39,51,54H,13-20H2,1-3H3,(H2,50,63)(H,52,55)(H,53,56)(H,57,71)(H,58,74)(H,59,70)(H,60,73)(H,61,72)(H,62,69)(H,64,65)(H,66,67)/t33-,34-,35-,36-,37-,38-,39-/m0/s1. The van der Waals surface area contributed by atoms with Gasteiger partial charge in [-0.2, -0.15) is 0 Å². The number of fused-ring (bicyclic) bond motifs is 1. The highest BCUT2D eigenvalue weighted by Crippen LogP contribution is 2.20. The third-order valence-corrected chi connectivity index (χ3v) is 11.8. The van der Waals surface area contributed by atoms with E-state index in [4.69, 9.17) is 5.73 Å². The molecule has 0 saturated heterocycles. The van der Waals surface area contributed by atoms with E-state index < -0.39 is 127 Å². The second kappa shape index (κ2) is 27.2. The number of amides is 7. The Hall–Kier alpha value is -8.74. The Bertz CT molecular complexity index is 2750. The number of carboxylic acids is 2. The number of H-pyrrole nitrogens is 3. The highest BCUT2D eigenvalue weighted by molar-refractivity contribution is 5.99. The molecular formula is C49H61N13O12. The highest BCUT2D eigenvalue weighted by Gasteiger charge is 2.36. The quantitative estimate of drug-likeness (QED) is 0.0258. The monoisotopic (exact) mass is 1020 g/mol. The van der Waals surface area contributed by atoms with E-state index in [1.165, 1.54) is 32.1 Å². The van der Waals surface area contributed by atoms with Crippen LogP contribution in [0.25, 0.3) is 10.9 Å². The van der Waals surface area contributed by atoms with Crippen molar-refractivity contribution in [3.63, 3.8) is 0 Å². The molecule has 74 heavy (non-hydrogen) atoms. The zero-order valence-corrected chi connectivity index (χ0v) is 40.8. The fourth-order valence-corrected chi connectivity index (χ4v) is 7.94. The molecule has 0 aliphatic heterocycles. The van der Waals surface area contributed by atoms with Crippen molar-refractivity contribution in [1.82, 2.24) is 62.1 Å². The van der Waals surface area contributed by atoms with Gasteiger partial charge in [0, 0.05) is 72.5 Å². The van der Waals surface area contributed by atoms with Crippen molar-refractivity contribution in [2.45, 2.75) is 108 Å². The summed E-state index contributed by atoms with van der Waals surface area (Å²) < 4.78 is 0. The minimum atomic E-state index is -1.79. The van der Waals surface area contributed by atoms with Gasteiger partial charge in [0.25, 0.3) is 0 Å². The number of hydrogen-bond donors (Lipinski definition) is 13. The van der Waals surface area contributed by atoms with Gasteiger partial charge in [0.05, 0.1) is 37.6 Å². The number of likely N-dealkylation sites (N-methyl/N-ethyl adjacent to an activating group) is 1. The van der Waals surface area contributed by atoms with E-state index >= 15 is 0 Å². The molecule has 7 amide bonds. The number of carbonyl (C=O) groups is 10. The molecule has 0 unspecified atom stereocenters. The number of nitrogens with zero attached hydrogens (tertiary/aromatic N) is 2. The third-order valence-electron chi connectivity index (χ3n) is 11.8. The number of aliphatic carboxylic acids is 2. The lowest BCUT2D eigenvalue weighted by Crippen LogP contribution is -2.61. The number of hydrogen-bond acceptors (Lipinski definition) is 13. The molecular weight excluding hydrogens is 963 g/mol. The number of rotatable bonds is 30. The summed E-state index contributed by atoms with van der Waals surface area (Å²) in [7, 11) is 1.53. The summed E-state index contributed by atoms with van der Waals surface area (Å²) >= 11 is 0. The Labute approximate surface area is 423 Å². The number of Topliss-reactive ketones (excluding diaryl/α,β-unsaturated/α-hetero) is 1. The van der Waals surface area contributed by atoms with Gasteiger partial charge < -0.3 is 68.1 Å². The van der Waals surface area contributed by atoms with Gasteiger partial charge in [-0.15, -0.1) is 0 Å². The maximum Gasteiger partial charge on any atom is 0.305 e. The first kappa shape index (κ1) is 56.2. The Morgan fingerprint density at radius 1 is 0.554 bits per heavy atom. The summed E-state index contributed by atoms with van der Waals surface area (Å²) in [5, 5.41) is 37.9. The van der Waals surface area contributed by atoms with Crippen LogP contribution >= 0.6 is 0 Å². The molecule has 5 rings (SSSR count). The van der Waals surface area contributed by atoms with E-state index in [9.17, 15) is 58.2 Å². The number of imidazole rings is 2. The first-order chi connectivity index (χ1) is 35.3. The van der Waals surface area contributed by atoms with E-state index in [1.807, 2.05) is 0 Å². The fourth-order valence-electron chi connectivity index (χ4n) is 7.94. The van der Waals surface area contributed by atoms with Gasteiger partial charge in [-0.3, -0.25) is 47.9 Å². The number of ketones is 1. The number of carbonyl (C=O) groups excluding carboxylic acids is 8. The number of aromatic nitrogens is 5. The molecule has 7 atom stereocenters. The lowest BCUT2D eigenvalue weighted by Gasteiger charge is -2.27. The molecule has 0 bridgehead atoms. The van der Waals surface area contributed by atoms with E-state index in [1.54, 1.807) is 74.6 Å². The van der Waals surface area contributed by atoms with Gasteiger partial charge in [-0.25, -0.2) is 9.97 Å². The van der Waals surface area contributed by atoms with E-state index in [0.29, 0.717) is 27.9 Å². The number of nitrogens with one attached hydrogen (secondary N) is 10. The highest BCUT2D eigenvalue weighted by atomic mass is 16.4. The molecule has 5 aromatic rings. The smallest absolute Gasteiger partial charge is 0.305 e. The SMILES string of the molecule is CN[C@@H](Cc1ccccc1)C(=O)N[C@@H](CC(=O)O)C(=O)N[C@@H](Cc1c[nH]c2ccccc12)C(=O)N[C@@H](Cc1cnc[nH]1)C(=O)N[C@@H](CC(N)=O)C(=O)N[C@@H](Cc1cnc[nH]1)C(=O)N[C@@H](CCC(=O)O)C(=O)C(C)C. The normalized spacial score (nSPS) is 14.0. The summed E-state index contributed by atoms with van der Waals surface area (Å²) in [6.45, 7) is 3.14. The first-order valence-corrected chi connectivity index (χ1v) is 23.6. The molecule has 0 spiro atoms. The van der Waals surface area contributed by atoms with Crippen molar-refractivity contribution >= 4 is 70.0 Å². The van der Waals surface area contributed by atoms with E-state index in [-0.39, 0.29) is 32.1 Å². The van der Waals surface area contributed by atoms with Crippen LogP contribution in [0.15, 0.2) is 85.8 Å². The largest absolute Gasteiger partial charge is 0.481 e. The molecule has 0 fully saturated rings. The van der Waals surface area contributed by atoms with Crippen molar-refractivity contribution in [3.05, 3.63) is 108 Å². The zero-order chi connectivity index (χ0) is 53.9. The maximum atomic E-state index is 14.6. The van der Waals surface area contributed by atoms with Crippen LogP contribution in [0.5, 0.6) is 0 Å². The minimum Gasteiger partial charge on any atom is -0.481 e. The molecule has 3 heterocycles. The molecule has 3 aromatic heterocycles. The summed E-state index contributed by atoms with van der Waals surface area (Å²) in [6, 6.07) is 5.76. The van der Waals surface area contributed by atoms with Crippen molar-refractivity contribution in [1.29, 1.82) is 0 Å². The number of benzene rings is 2. The Balaban J connectivity index is 1.42. The van der Waals surface area contributed by atoms with E-state index in [0.717, 1.165) is 5.56 Å². The molecule has 394 valence electrons. The molecule has 0 aliphatic carbocycles.